The first-order valence-corrected chi connectivity index (χ1v) is 12.5. The minimum Gasteiger partial charge on any atom is -0.497 e. The van der Waals surface area contributed by atoms with Crippen molar-refractivity contribution < 1.29 is 23.4 Å². The molecule has 0 bridgehead atoms. The van der Waals surface area contributed by atoms with E-state index in [1.54, 1.807) is 44.2 Å². The Balaban J connectivity index is 1.43. The van der Waals surface area contributed by atoms with E-state index in [4.69, 9.17) is 23.7 Å². The van der Waals surface area contributed by atoms with E-state index in [-0.39, 0.29) is 11.7 Å². The molecule has 0 saturated carbocycles. The van der Waals surface area contributed by atoms with Gasteiger partial charge < -0.3 is 18.6 Å². The maximum Gasteiger partial charge on any atom is 0.345 e. The van der Waals surface area contributed by atoms with Crippen molar-refractivity contribution >= 4 is 16.8 Å². The van der Waals surface area contributed by atoms with Crippen LogP contribution in [0.3, 0.4) is 0 Å². The molecule has 2 aromatic heterocycles. The van der Waals surface area contributed by atoms with E-state index in [1.807, 2.05) is 54.7 Å². The topological polar surface area (TPSA) is 92.8 Å². The SMILES string of the molecule is COc1ccc(-n2cc(CC3Cc4cc(OC)c(OC)cc4C3=O)c(-c3cc4ccccc4oc3=O)n2)cc1. The summed E-state index contributed by atoms with van der Waals surface area (Å²) in [6, 6.07) is 20.2. The van der Waals surface area contributed by atoms with Gasteiger partial charge in [-0.2, -0.15) is 5.10 Å². The summed E-state index contributed by atoms with van der Waals surface area (Å²) >= 11 is 0. The Labute approximate surface area is 224 Å². The average Bonchev–Trinajstić information content (AvgIpc) is 3.52. The van der Waals surface area contributed by atoms with Crippen LogP contribution in [0.5, 0.6) is 17.2 Å². The van der Waals surface area contributed by atoms with Crippen LogP contribution in [0, 0.1) is 5.92 Å². The Morgan fingerprint density at radius 2 is 1.64 bits per heavy atom. The molecule has 1 atom stereocenters. The standard InChI is InChI=1S/C31H26N2O6/c1-36-23-10-8-22(9-11-23)33-17-21(29(32-33)25-14-18-6-4-5-7-26(18)39-31(25)35)13-20-12-19-15-27(37-2)28(38-3)16-24(19)30(20)34/h4-11,14-17,20H,12-13H2,1-3H3. The predicted molar refractivity (Wildman–Crippen MR) is 146 cm³/mol. The fraction of sp³-hybridized carbons (Fsp3) is 0.194. The molecule has 0 N–H and O–H groups in total. The third kappa shape index (κ3) is 4.33. The molecule has 196 valence electrons. The molecule has 8 heteroatoms. The van der Waals surface area contributed by atoms with Crippen molar-refractivity contribution in [2.24, 2.45) is 5.92 Å². The van der Waals surface area contributed by atoms with E-state index in [0.717, 1.165) is 28.0 Å². The number of rotatable bonds is 7. The maximum absolute atomic E-state index is 13.5. The van der Waals surface area contributed by atoms with Crippen LogP contribution in [0.2, 0.25) is 0 Å². The molecule has 0 saturated heterocycles. The second-order valence-corrected chi connectivity index (χ2v) is 9.46. The molecule has 5 aromatic rings. The summed E-state index contributed by atoms with van der Waals surface area (Å²) in [5.41, 5.74) is 3.98. The number of hydrogen-bond donors (Lipinski definition) is 0. The van der Waals surface area contributed by atoms with Gasteiger partial charge in [0.15, 0.2) is 17.3 Å². The molecule has 0 aliphatic heterocycles. The van der Waals surface area contributed by atoms with E-state index in [1.165, 1.54) is 0 Å². The molecule has 0 spiro atoms. The van der Waals surface area contributed by atoms with Crippen molar-refractivity contribution in [3.63, 3.8) is 0 Å². The van der Waals surface area contributed by atoms with Gasteiger partial charge in [0.25, 0.3) is 0 Å². The maximum atomic E-state index is 13.5. The number of nitrogens with zero attached hydrogens (tertiary/aromatic N) is 2. The van der Waals surface area contributed by atoms with Crippen LogP contribution in [0.4, 0.5) is 0 Å². The molecule has 0 fully saturated rings. The van der Waals surface area contributed by atoms with Crippen LogP contribution in [0.25, 0.3) is 27.9 Å². The highest BCUT2D eigenvalue weighted by Gasteiger charge is 2.33. The average molecular weight is 523 g/mol. The molecule has 6 rings (SSSR count). The lowest BCUT2D eigenvalue weighted by molar-refractivity contribution is 0.0936. The number of Topliss-reactive ketones (excluding diaryl/α,β-unsaturated/α-hetero) is 1. The smallest absolute Gasteiger partial charge is 0.345 e. The summed E-state index contributed by atoms with van der Waals surface area (Å²) in [5, 5.41) is 5.60. The number of fused-ring (bicyclic) bond motifs is 2. The summed E-state index contributed by atoms with van der Waals surface area (Å²) in [4.78, 5) is 26.6. The van der Waals surface area contributed by atoms with Crippen LogP contribution in [-0.4, -0.2) is 36.9 Å². The lowest BCUT2D eigenvalue weighted by Crippen LogP contribution is -2.13. The summed E-state index contributed by atoms with van der Waals surface area (Å²) in [5.74, 6) is 1.54. The van der Waals surface area contributed by atoms with Crippen molar-refractivity contribution in [2.75, 3.05) is 21.3 Å². The molecule has 2 heterocycles. The zero-order valence-corrected chi connectivity index (χ0v) is 21.8. The first-order chi connectivity index (χ1) is 19.0. The molecule has 39 heavy (non-hydrogen) atoms. The van der Waals surface area contributed by atoms with Crippen LogP contribution in [-0.2, 0) is 12.8 Å². The number of para-hydroxylation sites is 1. The Hall–Kier alpha value is -4.85. The Morgan fingerprint density at radius 3 is 2.38 bits per heavy atom. The van der Waals surface area contributed by atoms with Gasteiger partial charge in [0.1, 0.15) is 17.0 Å². The summed E-state index contributed by atoms with van der Waals surface area (Å²) in [7, 11) is 4.74. The normalized spacial score (nSPS) is 14.4. The van der Waals surface area contributed by atoms with Gasteiger partial charge in [0.05, 0.1) is 32.6 Å². The molecule has 3 aromatic carbocycles. The highest BCUT2D eigenvalue weighted by Crippen LogP contribution is 2.38. The number of benzene rings is 3. The molecule has 0 radical (unpaired) electrons. The molecule has 1 aliphatic rings. The fourth-order valence-electron chi connectivity index (χ4n) is 5.21. The van der Waals surface area contributed by atoms with E-state index >= 15 is 0 Å². The Bertz CT molecular complexity index is 1770. The number of aromatic nitrogens is 2. The first-order valence-electron chi connectivity index (χ1n) is 12.5. The van der Waals surface area contributed by atoms with Gasteiger partial charge in [0, 0.05) is 23.1 Å². The summed E-state index contributed by atoms with van der Waals surface area (Å²) < 4.78 is 23.5. The second-order valence-electron chi connectivity index (χ2n) is 9.46. The zero-order chi connectivity index (χ0) is 27.1. The van der Waals surface area contributed by atoms with Crippen molar-refractivity contribution in [2.45, 2.75) is 12.8 Å². The van der Waals surface area contributed by atoms with Crippen LogP contribution in [0.1, 0.15) is 21.5 Å². The number of ether oxygens (including phenoxy) is 3. The van der Waals surface area contributed by atoms with Gasteiger partial charge in [-0.3, -0.25) is 4.79 Å². The first kappa shape index (κ1) is 24.5. The fourth-order valence-corrected chi connectivity index (χ4v) is 5.21. The van der Waals surface area contributed by atoms with Crippen molar-refractivity contribution in [3.8, 4) is 34.2 Å². The summed E-state index contributed by atoms with van der Waals surface area (Å²) in [6.45, 7) is 0. The highest BCUT2D eigenvalue weighted by atomic mass is 16.5. The molecular weight excluding hydrogens is 496 g/mol. The number of carbonyl (C=O) groups excluding carboxylic acids is 1. The van der Waals surface area contributed by atoms with E-state index in [2.05, 4.69) is 0 Å². The number of ketones is 1. The van der Waals surface area contributed by atoms with Crippen LogP contribution >= 0.6 is 0 Å². The molecule has 8 nitrogen and oxygen atoms in total. The zero-order valence-electron chi connectivity index (χ0n) is 21.8. The quantitative estimate of drug-likeness (QED) is 0.269. The number of hydrogen-bond acceptors (Lipinski definition) is 7. The van der Waals surface area contributed by atoms with Gasteiger partial charge in [-0.1, -0.05) is 18.2 Å². The third-order valence-corrected chi connectivity index (χ3v) is 7.20. The van der Waals surface area contributed by atoms with E-state index in [9.17, 15) is 9.59 Å². The van der Waals surface area contributed by atoms with Crippen molar-refractivity contribution in [3.05, 3.63) is 100 Å². The molecule has 1 unspecified atom stereocenters. The van der Waals surface area contributed by atoms with Crippen molar-refractivity contribution in [1.82, 2.24) is 9.78 Å². The Morgan fingerprint density at radius 1 is 0.897 bits per heavy atom. The highest BCUT2D eigenvalue weighted by molar-refractivity contribution is 6.03. The second kappa shape index (κ2) is 9.79. The summed E-state index contributed by atoms with van der Waals surface area (Å²) in [6.07, 6.45) is 2.83. The van der Waals surface area contributed by atoms with Gasteiger partial charge in [-0.15, -0.1) is 0 Å². The lowest BCUT2D eigenvalue weighted by Gasteiger charge is -2.09. The van der Waals surface area contributed by atoms with Crippen molar-refractivity contribution in [1.29, 1.82) is 0 Å². The van der Waals surface area contributed by atoms with E-state index in [0.29, 0.717) is 46.7 Å². The third-order valence-electron chi connectivity index (χ3n) is 7.20. The Kier molecular flexibility index (Phi) is 6.15. The van der Waals surface area contributed by atoms with E-state index < -0.39 is 5.63 Å². The van der Waals surface area contributed by atoms with Gasteiger partial charge >= 0.3 is 5.63 Å². The van der Waals surface area contributed by atoms with Crippen LogP contribution in [0.15, 0.2) is 82.1 Å². The van der Waals surface area contributed by atoms with Crippen LogP contribution < -0.4 is 19.8 Å². The number of carbonyl (C=O) groups is 1. The minimum absolute atomic E-state index is 0.0275. The van der Waals surface area contributed by atoms with Gasteiger partial charge in [-0.25, -0.2) is 9.48 Å². The van der Waals surface area contributed by atoms with Gasteiger partial charge in [0.2, 0.25) is 0 Å². The molecular formula is C31H26N2O6. The minimum atomic E-state index is -0.481. The lowest BCUT2D eigenvalue weighted by atomic mass is 9.94. The monoisotopic (exact) mass is 522 g/mol. The predicted octanol–water partition coefficient (Wildman–Crippen LogP) is 5.27. The number of methoxy groups -OCH3 is 3. The molecule has 0 amide bonds. The largest absolute Gasteiger partial charge is 0.497 e. The van der Waals surface area contributed by atoms with Gasteiger partial charge in [-0.05, 0) is 72.5 Å². The molecule has 1 aliphatic carbocycles.